The van der Waals surface area contributed by atoms with Crippen LogP contribution in [0, 0.1) is 9.39 Å². The molecule has 0 aliphatic rings. The Labute approximate surface area is 132 Å². The van der Waals surface area contributed by atoms with E-state index in [-0.39, 0.29) is 5.82 Å². The second-order valence-electron chi connectivity index (χ2n) is 3.69. The SMILES string of the molecule is Fc1cccc(NCc2cc(Cl)ccc2Br)c1I. The van der Waals surface area contributed by atoms with Crippen LogP contribution >= 0.6 is 50.1 Å². The van der Waals surface area contributed by atoms with Gasteiger partial charge in [0.15, 0.2) is 0 Å². The highest BCUT2D eigenvalue weighted by molar-refractivity contribution is 14.1. The van der Waals surface area contributed by atoms with Crippen LogP contribution < -0.4 is 5.32 Å². The van der Waals surface area contributed by atoms with E-state index in [4.69, 9.17) is 11.6 Å². The quantitative estimate of drug-likeness (QED) is 0.625. The first-order valence-corrected chi connectivity index (χ1v) is 7.44. The average molecular weight is 440 g/mol. The van der Waals surface area contributed by atoms with Gasteiger partial charge in [0.25, 0.3) is 0 Å². The minimum atomic E-state index is -0.217. The Kier molecular flexibility index (Phi) is 4.86. The molecule has 5 heteroatoms. The second kappa shape index (κ2) is 6.21. The van der Waals surface area contributed by atoms with Crippen LogP contribution in [0.5, 0.6) is 0 Å². The predicted molar refractivity (Wildman–Crippen MR) is 85.6 cm³/mol. The van der Waals surface area contributed by atoms with Crippen molar-refractivity contribution in [2.45, 2.75) is 6.54 Å². The Bertz CT molecular complexity index is 575. The molecular formula is C13H9BrClFIN. The number of nitrogens with one attached hydrogen (secondary N) is 1. The van der Waals surface area contributed by atoms with Gasteiger partial charge in [-0.1, -0.05) is 33.6 Å². The summed E-state index contributed by atoms with van der Waals surface area (Å²) in [6, 6.07) is 10.6. The Balaban J connectivity index is 2.16. The molecule has 2 rings (SSSR count). The molecule has 0 radical (unpaired) electrons. The largest absolute Gasteiger partial charge is 0.380 e. The number of hydrogen-bond donors (Lipinski definition) is 1. The van der Waals surface area contributed by atoms with Gasteiger partial charge in [-0.15, -0.1) is 0 Å². The number of halogens is 4. The molecule has 0 aliphatic heterocycles. The monoisotopic (exact) mass is 439 g/mol. The highest BCUT2D eigenvalue weighted by Crippen LogP contribution is 2.25. The van der Waals surface area contributed by atoms with Crippen LogP contribution in [0.1, 0.15) is 5.56 Å². The smallest absolute Gasteiger partial charge is 0.138 e. The molecule has 0 spiro atoms. The number of benzene rings is 2. The topological polar surface area (TPSA) is 12.0 Å². The molecule has 18 heavy (non-hydrogen) atoms. The minimum Gasteiger partial charge on any atom is -0.380 e. The molecule has 0 aliphatic carbocycles. The molecule has 0 heterocycles. The fraction of sp³-hybridized carbons (Fsp3) is 0.0769. The van der Waals surface area contributed by atoms with Crippen LogP contribution in [0.3, 0.4) is 0 Å². The number of anilines is 1. The van der Waals surface area contributed by atoms with Crippen molar-refractivity contribution in [2.75, 3.05) is 5.32 Å². The molecule has 0 saturated heterocycles. The predicted octanol–water partition coefficient (Wildman–Crippen LogP) is 5.46. The summed E-state index contributed by atoms with van der Waals surface area (Å²) in [5.74, 6) is -0.217. The van der Waals surface area contributed by atoms with Crippen LogP contribution in [0.15, 0.2) is 40.9 Å². The van der Waals surface area contributed by atoms with Crippen LogP contribution in [0.25, 0.3) is 0 Å². The fourth-order valence-electron chi connectivity index (χ4n) is 1.51. The summed E-state index contributed by atoms with van der Waals surface area (Å²) in [6.45, 7) is 0.584. The van der Waals surface area contributed by atoms with Crippen LogP contribution in [0.2, 0.25) is 5.02 Å². The molecule has 0 bridgehead atoms. The van der Waals surface area contributed by atoms with Crippen LogP contribution in [-0.4, -0.2) is 0 Å². The first-order chi connectivity index (χ1) is 8.58. The van der Waals surface area contributed by atoms with Gasteiger partial charge in [0.2, 0.25) is 0 Å². The van der Waals surface area contributed by atoms with Gasteiger partial charge >= 0.3 is 0 Å². The summed E-state index contributed by atoms with van der Waals surface area (Å²) in [5.41, 5.74) is 1.81. The van der Waals surface area contributed by atoms with Gasteiger partial charge < -0.3 is 5.32 Å². The molecule has 0 saturated carbocycles. The molecule has 0 atom stereocenters. The molecular weight excluding hydrogens is 431 g/mol. The standard InChI is InChI=1S/C13H9BrClFIN/c14-10-5-4-9(15)6-8(10)7-18-12-3-1-2-11(16)13(12)17/h1-6,18H,7H2. The van der Waals surface area contributed by atoms with Gasteiger partial charge in [0.1, 0.15) is 5.82 Å². The van der Waals surface area contributed by atoms with E-state index in [1.807, 2.05) is 46.9 Å². The molecule has 1 nitrogen and oxygen atoms in total. The Hall–Kier alpha value is -0.330. The summed E-state index contributed by atoms with van der Waals surface area (Å²) in [4.78, 5) is 0. The second-order valence-corrected chi connectivity index (χ2v) is 6.06. The van der Waals surface area contributed by atoms with E-state index in [9.17, 15) is 4.39 Å². The highest BCUT2D eigenvalue weighted by Gasteiger charge is 2.06. The average Bonchev–Trinajstić information content (AvgIpc) is 2.35. The van der Waals surface area contributed by atoms with Crippen molar-refractivity contribution in [3.05, 3.63) is 60.8 Å². The Morgan fingerprint density at radius 1 is 1.28 bits per heavy atom. The van der Waals surface area contributed by atoms with Crippen molar-refractivity contribution < 1.29 is 4.39 Å². The number of hydrogen-bond acceptors (Lipinski definition) is 1. The van der Waals surface area contributed by atoms with Crippen LogP contribution in [-0.2, 0) is 6.54 Å². The third-order valence-electron chi connectivity index (χ3n) is 2.43. The molecule has 1 N–H and O–H groups in total. The van der Waals surface area contributed by atoms with Crippen molar-refractivity contribution in [2.24, 2.45) is 0 Å². The first-order valence-electron chi connectivity index (χ1n) is 5.20. The number of rotatable bonds is 3. The lowest BCUT2D eigenvalue weighted by molar-refractivity contribution is 0.621. The van der Waals surface area contributed by atoms with Gasteiger partial charge in [-0.25, -0.2) is 4.39 Å². The molecule has 2 aromatic carbocycles. The van der Waals surface area contributed by atoms with Gasteiger partial charge in [-0.2, -0.15) is 0 Å². The lowest BCUT2D eigenvalue weighted by atomic mass is 10.2. The molecule has 2 aromatic rings. The Morgan fingerprint density at radius 2 is 2.06 bits per heavy atom. The van der Waals surface area contributed by atoms with Gasteiger partial charge in [-0.05, 0) is 58.5 Å². The summed E-state index contributed by atoms with van der Waals surface area (Å²) >= 11 is 11.4. The molecule has 0 amide bonds. The van der Waals surface area contributed by atoms with E-state index in [0.717, 1.165) is 15.7 Å². The van der Waals surface area contributed by atoms with Gasteiger partial charge in [0, 0.05) is 16.0 Å². The van der Waals surface area contributed by atoms with Crippen molar-refractivity contribution in [3.63, 3.8) is 0 Å². The van der Waals surface area contributed by atoms with Gasteiger partial charge in [0.05, 0.1) is 9.26 Å². The van der Waals surface area contributed by atoms with Crippen molar-refractivity contribution >= 4 is 55.8 Å². The third-order valence-corrected chi connectivity index (χ3v) is 4.53. The zero-order valence-corrected chi connectivity index (χ0v) is 13.7. The lowest BCUT2D eigenvalue weighted by Gasteiger charge is -2.10. The maximum Gasteiger partial charge on any atom is 0.138 e. The summed E-state index contributed by atoms with van der Waals surface area (Å²) in [6.07, 6.45) is 0. The summed E-state index contributed by atoms with van der Waals surface area (Å²) < 4.78 is 14.9. The Morgan fingerprint density at radius 3 is 2.83 bits per heavy atom. The molecule has 0 fully saturated rings. The minimum absolute atomic E-state index is 0.217. The molecule has 0 aromatic heterocycles. The zero-order chi connectivity index (χ0) is 13.1. The van der Waals surface area contributed by atoms with Crippen molar-refractivity contribution in [1.29, 1.82) is 0 Å². The van der Waals surface area contributed by atoms with E-state index in [1.54, 1.807) is 6.07 Å². The van der Waals surface area contributed by atoms with E-state index < -0.39 is 0 Å². The van der Waals surface area contributed by atoms with Crippen molar-refractivity contribution in [1.82, 2.24) is 0 Å². The first kappa shape index (κ1) is 14.1. The van der Waals surface area contributed by atoms with E-state index in [2.05, 4.69) is 21.2 Å². The van der Waals surface area contributed by atoms with Gasteiger partial charge in [-0.3, -0.25) is 0 Å². The molecule has 94 valence electrons. The van der Waals surface area contributed by atoms with Crippen LogP contribution in [0.4, 0.5) is 10.1 Å². The molecule has 0 unspecified atom stereocenters. The van der Waals surface area contributed by atoms with E-state index in [0.29, 0.717) is 15.1 Å². The van der Waals surface area contributed by atoms with Crippen molar-refractivity contribution in [3.8, 4) is 0 Å². The van der Waals surface area contributed by atoms with E-state index in [1.165, 1.54) is 6.07 Å². The fourth-order valence-corrected chi connectivity index (χ4v) is 2.64. The summed E-state index contributed by atoms with van der Waals surface area (Å²) in [5, 5.41) is 3.89. The normalized spacial score (nSPS) is 10.4. The maximum absolute atomic E-state index is 13.4. The highest BCUT2D eigenvalue weighted by atomic mass is 127. The summed E-state index contributed by atoms with van der Waals surface area (Å²) in [7, 11) is 0. The lowest BCUT2D eigenvalue weighted by Crippen LogP contribution is -2.02. The third kappa shape index (κ3) is 3.36. The van der Waals surface area contributed by atoms with E-state index >= 15 is 0 Å². The maximum atomic E-state index is 13.4. The zero-order valence-electron chi connectivity index (χ0n) is 9.18.